The molecule has 1 aliphatic rings. The molecular formula is C19H34N6O3. The number of rotatable bonds is 14. The zero-order valence-corrected chi connectivity index (χ0v) is 16.9. The van der Waals surface area contributed by atoms with Crippen LogP contribution in [0.25, 0.3) is 0 Å². The van der Waals surface area contributed by atoms with E-state index in [1.165, 1.54) is 12.8 Å². The molecule has 0 saturated heterocycles. The van der Waals surface area contributed by atoms with E-state index in [0.29, 0.717) is 64.1 Å². The smallest absolute Gasteiger partial charge is 0.323 e. The van der Waals surface area contributed by atoms with Crippen LogP contribution in [-0.4, -0.2) is 67.1 Å². The minimum atomic E-state index is 0.278. The summed E-state index contributed by atoms with van der Waals surface area (Å²) in [4.78, 5) is 13.1. The second kappa shape index (κ2) is 13.2. The van der Waals surface area contributed by atoms with Gasteiger partial charge in [0.15, 0.2) is 0 Å². The minimum Gasteiger partial charge on any atom is -0.459 e. The van der Waals surface area contributed by atoms with Gasteiger partial charge in [-0.2, -0.15) is 15.0 Å². The average molecular weight is 395 g/mol. The lowest BCUT2D eigenvalue weighted by Crippen LogP contribution is -2.26. The number of anilines is 2. The largest absolute Gasteiger partial charge is 0.459 e. The summed E-state index contributed by atoms with van der Waals surface area (Å²) >= 11 is 0. The Morgan fingerprint density at radius 1 is 1.04 bits per heavy atom. The molecule has 0 bridgehead atoms. The standard InChI is InChI=1S/C19H34N6O3/c1-3-10-28-19-24-17(21-9-12-27-14-13-26-11-8-20)23-18(25-19)22-16-6-4-15(2)5-7-16/h3,15-16H,1,4-14,20H2,2H3,(H2,21,22,23,24,25). The molecular weight excluding hydrogens is 360 g/mol. The topological polar surface area (TPSA) is 116 Å². The molecule has 2 rings (SSSR count). The molecule has 158 valence electrons. The number of nitrogens with one attached hydrogen (secondary N) is 2. The predicted octanol–water partition coefficient (Wildman–Crippen LogP) is 1.83. The Balaban J connectivity index is 1.82. The minimum absolute atomic E-state index is 0.278. The molecule has 1 saturated carbocycles. The van der Waals surface area contributed by atoms with Crippen molar-refractivity contribution < 1.29 is 14.2 Å². The van der Waals surface area contributed by atoms with Crippen molar-refractivity contribution in [1.29, 1.82) is 0 Å². The zero-order valence-electron chi connectivity index (χ0n) is 16.9. The predicted molar refractivity (Wildman–Crippen MR) is 110 cm³/mol. The lowest BCUT2D eigenvalue weighted by atomic mass is 9.87. The van der Waals surface area contributed by atoms with Crippen molar-refractivity contribution in [3.05, 3.63) is 12.7 Å². The van der Waals surface area contributed by atoms with Crippen molar-refractivity contribution in [2.24, 2.45) is 11.7 Å². The fraction of sp³-hybridized carbons (Fsp3) is 0.737. The first-order valence-corrected chi connectivity index (χ1v) is 10.1. The Labute approximate surface area is 167 Å². The first kappa shape index (κ1) is 22.3. The van der Waals surface area contributed by atoms with Crippen molar-refractivity contribution in [2.45, 2.75) is 38.6 Å². The SMILES string of the molecule is C=CCOc1nc(NCCOCCOCCN)nc(NC2CCC(C)CC2)n1. The molecule has 1 aliphatic carbocycles. The van der Waals surface area contributed by atoms with E-state index in [4.69, 9.17) is 19.9 Å². The summed E-state index contributed by atoms with van der Waals surface area (Å²) in [6.07, 6.45) is 6.35. The van der Waals surface area contributed by atoms with Crippen LogP contribution in [0.2, 0.25) is 0 Å². The van der Waals surface area contributed by atoms with E-state index in [9.17, 15) is 0 Å². The summed E-state index contributed by atoms with van der Waals surface area (Å²) in [7, 11) is 0. The van der Waals surface area contributed by atoms with Crippen LogP contribution in [0.1, 0.15) is 32.6 Å². The third kappa shape index (κ3) is 8.81. The third-order valence-electron chi connectivity index (χ3n) is 4.46. The van der Waals surface area contributed by atoms with Gasteiger partial charge in [-0.3, -0.25) is 0 Å². The van der Waals surface area contributed by atoms with Gasteiger partial charge < -0.3 is 30.6 Å². The highest BCUT2D eigenvalue weighted by atomic mass is 16.5. The third-order valence-corrected chi connectivity index (χ3v) is 4.46. The van der Waals surface area contributed by atoms with Crippen molar-refractivity contribution in [3.8, 4) is 6.01 Å². The molecule has 0 aromatic carbocycles. The number of hydrogen-bond donors (Lipinski definition) is 3. The highest BCUT2D eigenvalue weighted by molar-refractivity contribution is 5.36. The Kier molecular flexibility index (Phi) is 10.6. The second-order valence-electron chi connectivity index (χ2n) is 6.91. The molecule has 4 N–H and O–H groups in total. The maximum Gasteiger partial charge on any atom is 0.323 e. The summed E-state index contributed by atoms with van der Waals surface area (Å²) in [5, 5.41) is 6.58. The highest BCUT2D eigenvalue weighted by Gasteiger charge is 2.19. The average Bonchev–Trinajstić information content (AvgIpc) is 2.70. The number of aromatic nitrogens is 3. The van der Waals surface area contributed by atoms with Crippen LogP contribution >= 0.6 is 0 Å². The number of nitrogens with two attached hydrogens (primary N) is 1. The van der Waals surface area contributed by atoms with Gasteiger partial charge in [-0.1, -0.05) is 19.6 Å². The van der Waals surface area contributed by atoms with Crippen molar-refractivity contribution in [1.82, 2.24) is 15.0 Å². The Hall–Kier alpha value is -1.97. The molecule has 1 aromatic heterocycles. The number of hydrogen-bond acceptors (Lipinski definition) is 9. The van der Waals surface area contributed by atoms with E-state index in [1.807, 2.05) is 0 Å². The second-order valence-corrected chi connectivity index (χ2v) is 6.91. The van der Waals surface area contributed by atoms with Crippen molar-refractivity contribution >= 4 is 11.9 Å². The van der Waals surface area contributed by atoms with Gasteiger partial charge in [-0.05, 0) is 31.6 Å². The molecule has 9 nitrogen and oxygen atoms in total. The molecule has 0 atom stereocenters. The monoisotopic (exact) mass is 394 g/mol. The number of nitrogens with zero attached hydrogens (tertiary/aromatic N) is 3. The van der Waals surface area contributed by atoms with Gasteiger partial charge in [-0.25, -0.2) is 0 Å². The maximum absolute atomic E-state index is 5.51. The molecule has 0 amide bonds. The first-order valence-electron chi connectivity index (χ1n) is 10.1. The van der Waals surface area contributed by atoms with Gasteiger partial charge >= 0.3 is 6.01 Å². The fourth-order valence-corrected chi connectivity index (χ4v) is 2.93. The van der Waals surface area contributed by atoms with E-state index >= 15 is 0 Å². The summed E-state index contributed by atoms with van der Waals surface area (Å²) in [6, 6.07) is 0.663. The maximum atomic E-state index is 5.51. The summed E-state index contributed by atoms with van der Waals surface area (Å²) in [5.41, 5.74) is 5.36. The van der Waals surface area contributed by atoms with Gasteiger partial charge in [0.2, 0.25) is 11.9 Å². The van der Waals surface area contributed by atoms with Gasteiger partial charge in [0.1, 0.15) is 6.61 Å². The van der Waals surface area contributed by atoms with Gasteiger partial charge in [0, 0.05) is 19.1 Å². The van der Waals surface area contributed by atoms with E-state index in [1.54, 1.807) is 6.08 Å². The molecule has 9 heteroatoms. The van der Waals surface area contributed by atoms with Gasteiger partial charge in [0.25, 0.3) is 0 Å². The molecule has 0 aliphatic heterocycles. The van der Waals surface area contributed by atoms with E-state index in [-0.39, 0.29) is 6.01 Å². The molecule has 0 spiro atoms. The number of ether oxygens (including phenoxy) is 3. The highest BCUT2D eigenvalue weighted by Crippen LogP contribution is 2.25. The quantitative estimate of drug-likeness (QED) is 0.321. The van der Waals surface area contributed by atoms with Gasteiger partial charge in [-0.15, -0.1) is 0 Å². The summed E-state index contributed by atoms with van der Waals surface area (Å²) in [6.45, 7) is 9.53. The van der Waals surface area contributed by atoms with Crippen molar-refractivity contribution in [2.75, 3.05) is 56.8 Å². The molecule has 1 fully saturated rings. The van der Waals surface area contributed by atoms with Crippen LogP contribution in [-0.2, 0) is 9.47 Å². The Morgan fingerprint density at radius 3 is 2.46 bits per heavy atom. The van der Waals surface area contributed by atoms with Crippen LogP contribution in [0, 0.1) is 5.92 Å². The fourth-order valence-electron chi connectivity index (χ4n) is 2.93. The Morgan fingerprint density at radius 2 is 1.75 bits per heavy atom. The normalized spacial score (nSPS) is 19.2. The lowest BCUT2D eigenvalue weighted by molar-refractivity contribution is 0.0547. The summed E-state index contributed by atoms with van der Waals surface area (Å²) < 4.78 is 16.3. The van der Waals surface area contributed by atoms with Crippen LogP contribution < -0.4 is 21.1 Å². The van der Waals surface area contributed by atoms with Crippen molar-refractivity contribution in [3.63, 3.8) is 0 Å². The van der Waals surface area contributed by atoms with Crippen LogP contribution in [0.4, 0.5) is 11.9 Å². The van der Waals surface area contributed by atoms with Crippen LogP contribution in [0.3, 0.4) is 0 Å². The molecule has 28 heavy (non-hydrogen) atoms. The lowest BCUT2D eigenvalue weighted by Gasteiger charge is -2.26. The van der Waals surface area contributed by atoms with Crippen LogP contribution in [0.5, 0.6) is 6.01 Å². The Bertz CT molecular complexity index is 567. The molecule has 0 unspecified atom stereocenters. The van der Waals surface area contributed by atoms with E-state index in [2.05, 4.69) is 39.1 Å². The van der Waals surface area contributed by atoms with E-state index < -0.39 is 0 Å². The molecule has 1 aromatic rings. The zero-order chi connectivity index (χ0) is 20.0. The summed E-state index contributed by atoms with van der Waals surface area (Å²) in [5.74, 6) is 1.79. The van der Waals surface area contributed by atoms with Gasteiger partial charge in [0.05, 0.1) is 26.4 Å². The molecule has 0 radical (unpaired) electrons. The van der Waals surface area contributed by atoms with E-state index in [0.717, 1.165) is 18.8 Å². The molecule has 1 heterocycles. The first-order chi connectivity index (χ1) is 13.7. The van der Waals surface area contributed by atoms with Crippen LogP contribution in [0.15, 0.2) is 12.7 Å².